The second kappa shape index (κ2) is 7.72. The van der Waals surface area contributed by atoms with E-state index in [9.17, 15) is 0 Å². The quantitative estimate of drug-likeness (QED) is 0.737. The van der Waals surface area contributed by atoms with E-state index in [2.05, 4.69) is 41.3 Å². The van der Waals surface area contributed by atoms with Crippen molar-refractivity contribution in [3.63, 3.8) is 0 Å². The minimum absolute atomic E-state index is 0.275. The predicted octanol–water partition coefficient (Wildman–Crippen LogP) is 1.92. The van der Waals surface area contributed by atoms with E-state index in [1.165, 1.54) is 12.0 Å². The van der Waals surface area contributed by atoms with Gasteiger partial charge < -0.3 is 15.0 Å². The highest BCUT2D eigenvalue weighted by Crippen LogP contribution is 2.29. The van der Waals surface area contributed by atoms with Gasteiger partial charge in [0.2, 0.25) is 0 Å². The van der Waals surface area contributed by atoms with Gasteiger partial charge in [-0.25, -0.2) is 0 Å². The SMILES string of the molecule is CCCNCC1(CN(C)Cc2ccncc2)CCOC1. The predicted molar refractivity (Wildman–Crippen MR) is 81.6 cm³/mol. The second-order valence-corrected chi connectivity index (χ2v) is 6.01. The Kier molecular flexibility index (Phi) is 5.95. The van der Waals surface area contributed by atoms with Crippen molar-refractivity contribution in [3.8, 4) is 0 Å². The van der Waals surface area contributed by atoms with Gasteiger partial charge in [-0.1, -0.05) is 6.92 Å². The Balaban J connectivity index is 1.87. The second-order valence-electron chi connectivity index (χ2n) is 6.01. The fourth-order valence-electron chi connectivity index (χ4n) is 2.93. The van der Waals surface area contributed by atoms with Gasteiger partial charge in [-0.2, -0.15) is 0 Å². The number of ether oxygens (including phenoxy) is 1. The molecule has 0 aliphatic carbocycles. The molecule has 1 N–H and O–H groups in total. The lowest BCUT2D eigenvalue weighted by Gasteiger charge is -2.32. The molecule has 1 aromatic heterocycles. The standard InChI is InChI=1S/C16H27N3O/c1-3-7-18-12-16(6-10-20-14-16)13-19(2)11-15-4-8-17-9-5-15/h4-5,8-9,18H,3,6-7,10-14H2,1-2H3. The molecule has 0 saturated carbocycles. The first-order chi connectivity index (χ1) is 9.74. The van der Waals surface area contributed by atoms with E-state index in [-0.39, 0.29) is 5.41 Å². The molecular weight excluding hydrogens is 250 g/mol. The van der Waals surface area contributed by atoms with Crippen LogP contribution in [-0.4, -0.2) is 49.8 Å². The van der Waals surface area contributed by atoms with E-state index in [0.29, 0.717) is 0 Å². The van der Waals surface area contributed by atoms with Gasteiger partial charge in [0.15, 0.2) is 0 Å². The largest absolute Gasteiger partial charge is 0.381 e. The van der Waals surface area contributed by atoms with Gasteiger partial charge in [0.1, 0.15) is 0 Å². The molecule has 4 nitrogen and oxygen atoms in total. The third-order valence-electron chi connectivity index (χ3n) is 3.92. The van der Waals surface area contributed by atoms with Gasteiger partial charge in [0.25, 0.3) is 0 Å². The Hall–Kier alpha value is -0.970. The van der Waals surface area contributed by atoms with E-state index in [4.69, 9.17) is 4.74 Å². The summed E-state index contributed by atoms with van der Waals surface area (Å²) in [5.74, 6) is 0. The lowest BCUT2D eigenvalue weighted by molar-refractivity contribution is 0.116. The van der Waals surface area contributed by atoms with Gasteiger partial charge in [-0.05, 0) is 44.1 Å². The molecule has 0 amide bonds. The van der Waals surface area contributed by atoms with Crippen LogP contribution in [0, 0.1) is 5.41 Å². The number of rotatable bonds is 8. The maximum absolute atomic E-state index is 5.67. The Morgan fingerprint density at radius 1 is 1.40 bits per heavy atom. The Morgan fingerprint density at radius 3 is 2.85 bits per heavy atom. The molecule has 1 fully saturated rings. The minimum Gasteiger partial charge on any atom is -0.381 e. The number of nitrogens with zero attached hydrogens (tertiary/aromatic N) is 2. The molecular formula is C16H27N3O. The molecule has 2 rings (SSSR count). The minimum atomic E-state index is 0.275. The number of pyridine rings is 1. The van der Waals surface area contributed by atoms with Crippen molar-refractivity contribution < 1.29 is 4.74 Å². The van der Waals surface area contributed by atoms with Crippen molar-refractivity contribution in [1.82, 2.24) is 15.2 Å². The molecule has 1 unspecified atom stereocenters. The van der Waals surface area contributed by atoms with E-state index < -0.39 is 0 Å². The lowest BCUT2D eigenvalue weighted by Crippen LogP contribution is -2.43. The number of aromatic nitrogens is 1. The van der Waals surface area contributed by atoms with Crippen molar-refractivity contribution in [2.75, 3.05) is 39.9 Å². The molecule has 0 bridgehead atoms. The number of nitrogens with one attached hydrogen (secondary N) is 1. The Bertz CT molecular complexity index is 377. The summed E-state index contributed by atoms with van der Waals surface area (Å²) in [6.07, 6.45) is 6.06. The highest BCUT2D eigenvalue weighted by molar-refractivity contribution is 5.09. The average Bonchev–Trinajstić information content (AvgIpc) is 2.88. The first-order valence-corrected chi connectivity index (χ1v) is 7.60. The molecule has 0 spiro atoms. The molecule has 2 heterocycles. The lowest BCUT2D eigenvalue weighted by atomic mass is 9.86. The van der Waals surface area contributed by atoms with Crippen molar-refractivity contribution in [3.05, 3.63) is 30.1 Å². The van der Waals surface area contributed by atoms with Crippen LogP contribution in [0.5, 0.6) is 0 Å². The van der Waals surface area contributed by atoms with Crippen molar-refractivity contribution in [2.45, 2.75) is 26.3 Å². The van der Waals surface area contributed by atoms with E-state index in [0.717, 1.165) is 45.8 Å². The first-order valence-electron chi connectivity index (χ1n) is 7.60. The number of hydrogen-bond donors (Lipinski definition) is 1. The van der Waals surface area contributed by atoms with Crippen LogP contribution in [0.25, 0.3) is 0 Å². The van der Waals surface area contributed by atoms with Gasteiger partial charge in [0.05, 0.1) is 6.61 Å². The molecule has 1 aliphatic rings. The molecule has 1 saturated heterocycles. The topological polar surface area (TPSA) is 37.4 Å². The van der Waals surface area contributed by atoms with Crippen LogP contribution < -0.4 is 5.32 Å². The van der Waals surface area contributed by atoms with Crippen LogP contribution >= 0.6 is 0 Å². The van der Waals surface area contributed by atoms with Gasteiger partial charge in [-0.15, -0.1) is 0 Å². The smallest absolute Gasteiger partial charge is 0.0547 e. The molecule has 1 atom stereocenters. The highest BCUT2D eigenvalue weighted by Gasteiger charge is 2.35. The number of hydrogen-bond acceptors (Lipinski definition) is 4. The van der Waals surface area contributed by atoms with Crippen LogP contribution in [0.3, 0.4) is 0 Å². The molecule has 0 radical (unpaired) electrons. The maximum Gasteiger partial charge on any atom is 0.0547 e. The van der Waals surface area contributed by atoms with Crippen LogP contribution in [0.2, 0.25) is 0 Å². The summed E-state index contributed by atoms with van der Waals surface area (Å²) in [4.78, 5) is 6.47. The van der Waals surface area contributed by atoms with Crippen LogP contribution in [0.4, 0.5) is 0 Å². The zero-order valence-corrected chi connectivity index (χ0v) is 12.8. The van der Waals surface area contributed by atoms with Gasteiger partial charge >= 0.3 is 0 Å². The van der Waals surface area contributed by atoms with Crippen molar-refractivity contribution in [1.29, 1.82) is 0 Å². The molecule has 20 heavy (non-hydrogen) atoms. The summed E-state index contributed by atoms with van der Waals surface area (Å²) in [6.45, 7) is 8.18. The zero-order valence-electron chi connectivity index (χ0n) is 12.8. The summed E-state index contributed by atoms with van der Waals surface area (Å²) in [5, 5.41) is 3.57. The van der Waals surface area contributed by atoms with E-state index in [1.54, 1.807) is 0 Å². The average molecular weight is 277 g/mol. The normalized spacial score (nSPS) is 22.6. The Morgan fingerprint density at radius 2 is 2.20 bits per heavy atom. The fraction of sp³-hybridized carbons (Fsp3) is 0.688. The molecule has 112 valence electrons. The highest BCUT2D eigenvalue weighted by atomic mass is 16.5. The van der Waals surface area contributed by atoms with Gasteiger partial charge in [-0.3, -0.25) is 4.98 Å². The summed E-state index contributed by atoms with van der Waals surface area (Å²) in [6, 6.07) is 4.17. The van der Waals surface area contributed by atoms with Crippen molar-refractivity contribution >= 4 is 0 Å². The summed E-state index contributed by atoms with van der Waals surface area (Å²) in [7, 11) is 2.19. The third-order valence-corrected chi connectivity index (χ3v) is 3.92. The van der Waals surface area contributed by atoms with E-state index >= 15 is 0 Å². The van der Waals surface area contributed by atoms with Crippen LogP contribution in [0.15, 0.2) is 24.5 Å². The van der Waals surface area contributed by atoms with Crippen LogP contribution in [0.1, 0.15) is 25.3 Å². The van der Waals surface area contributed by atoms with E-state index in [1.807, 2.05) is 12.4 Å². The molecule has 1 aliphatic heterocycles. The summed E-state index contributed by atoms with van der Waals surface area (Å²) in [5.41, 5.74) is 1.59. The summed E-state index contributed by atoms with van der Waals surface area (Å²) >= 11 is 0. The third kappa shape index (κ3) is 4.54. The van der Waals surface area contributed by atoms with Gasteiger partial charge in [0, 0.05) is 44.0 Å². The van der Waals surface area contributed by atoms with Crippen LogP contribution in [-0.2, 0) is 11.3 Å². The molecule has 4 heteroatoms. The molecule has 1 aromatic rings. The summed E-state index contributed by atoms with van der Waals surface area (Å²) < 4.78 is 5.67. The maximum atomic E-state index is 5.67. The van der Waals surface area contributed by atoms with Crippen molar-refractivity contribution in [2.24, 2.45) is 5.41 Å². The Labute approximate surface area is 122 Å². The monoisotopic (exact) mass is 277 g/mol. The first kappa shape index (κ1) is 15.4. The molecule has 0 aromatic carbocycles. The zero-order chi connectivity index (χ0) is 14.3. The fourth-order valence-corrected chi connectivity index (χ4v) is 2.93.